The lowest BCUT2D eigenvalue weighted by atomic mass is 10.0. The number of halogens is 1. The second-order valence-electron chi connectivity index (χ2n) is 4.25. The third-order valence-corrected chi connectivity index (χ3v) is 4.31. The van der Waals surface area contributed by atoms with Gasteiger partial charge in [-0.1, -0.05) is 24.6 Å². The van der Waals surface area contributed by atoms with E-state index in [0.717, 1.165) is 27.9 Å². The molecule has 1 aromatic heterocycles. The second-order valence-corrected chi connectivity index (χ2v) is 5.99. The van der Waals surface area contributed by atoms with E-state index in [1.165, 1.54) is 4.88 Å². The van der Waals surface area contributed by atoms with Gasteiger partial charge in [0.15, 0.2) is 11.5 Å². The molecule has 0 bridgehead atoms. The van der Waals surface area contributed by atoms with E-state index in [9.17, 15) is 0 Å². The van der Waals surface area contributed by atoms with Crippen LogP contribution in [0.2, 0.25) is 4.34 Å². The Labute approximate surface area is 121 Å². The predicted molar refractivity (Wildman–Crippen MR) is 77.4 cm³/mol. The van der Waals surface area contributed by atoms with Crippen LogP contribution in [0.1, 0.15) is 23.4 Å². The fourth-order valence-electron chi connectivity index (χ4n) is 2.16. The van der Waals surface area contributed by atoms with E-state index >= 15 is 0 Å². The Morgan fingerprint density at radius 2 is 2.11 bits per heavy atom. The highest BCUT2D eigenvalue weighted by molar-refractivity contribution is 7.16. The molecule has 1 atom stereocenters. The number of hydrogen-bond acceptors (Lipinski definition) is 4. The first-order chi connectivity index (χ1) is 9.28. The Bertz CT molecular complexity index is 585. The lowest BCUT2D eigenvalue weighted by Gasteiger charge is -2.17. The predicted octanol–water partition coefficient (Wildman–Crippen LogP) is 3.83. The van der Waals surface area contributed by atoms with Crippen molar-refractivity contribution >= 4 is 22.9 Å². The molecular weight excluding hydrogens is 282 g/mol. The normalized spacial score (nSPS) is 14.6. The molecule has 1 unspecified atom stereocenters. The van der Waals surface area contributed by atoms with Crippen molar-refractivity contribution in [2.75, 3.05) is 13.3 Å². The molecule has 0 saturated carbocycles. The van der Waals surface area contributed by atoms with Gasteiger partial charge in [-0.25, -0.2) is 0 Å². The van der Waals surface area contributed by atoms with Crippen LogP contribution in [0, 0.1) is 0 Å². The van der Waals surface area contributed by atoms with Crippen LogP contribution in [0.4, 0.5) is 0 Å². The number of fused-ring (bicyclic) bond motifs is 1. The molecule has 19 heavy (non-hydrogen) atoms. The number of rotatable bonds is 4. The summed E-state index contributed by atoms with van der Waals surface area (Å²) in [7, 11) is 0. The zero-order chi connectivity index (χ0) is 13.2. The van der Waals surface area contributed by atoms with Crippen molar-refractivity contribution in [1.82, 2.24) is 5.32 Å². The van der Waals surface area contributed by atoms with Crippen LogP contribution in [0.25, 0.3) is 0 Å². The van der Waals surface area contributed by atoms with Crippen LogP contribution in [0.3, 0.4) is 0 Å². The van der Waals surface area contributed by atoms with E-state index in [2.05, 4.69) is 24.4 Å². The van der Waals surface area contributed by atoms with Gasteiger partial charge in [-0.3, -0.25) is 0 Å². The highest BCUT2D eigenvalue weighted by Crippen LogP contribution is 2.37. The van der Waals surface area contributed by atoms with Crippen molar-refractivity contribution in [2.45, 2.75) is 13.0 Å². The molecule has 3 rings (SSSR count). The largest absolute Gasteiger partial charge is 0.454 e. The summed E-state index contributed by atoms with van der Waals surface area (Å²) < 4.78 is 11.6. The van der Waals surface area contributed by atoms with E-state index in [4.69, 9.17) is 21.1 Å². The number of ether oxygens (including phenoxy) is 2. The van der Waals surface area contributed by atoms with Crippen molar-refractivity contribution < 1.29 is 9.47 Å². The van der Waals surface area contributed by atoms with E-state index in [1.54, 1.807) is 11.3 Å². The Balaban J connectivity index is 1.95. The summed E-state index contributed by atoms with van der Waals surface area (Å²) in [6.07, 6.45) is 0. The summed E-state index contributed by atoms with van der Waals surface area (Å²) in [6, 6.07) is 10.2. The van der Waals surface area contributed by atoms with Gasteiger partial charge >= 0.3 is 0 Å². The SMILES string of the molecule is CCNC(c1ccc2c(c1)OCO2)c1ccc(Cl)s1. The molecule has 1 aliphatic heterocycles. The average Bonchev–Trinajstić information content (AvgIpc) is 3.03. The van der Waals surface area contributed by atoms with Crippen molar-refractivity contribution in [3.8, 4) is 11.5 Å². The van der Waals surface area contributed by atoms with Gasteiger partial charge in [-0.05, 0) is 36.4 Å². The van der Waals surface area contributed by atoms with Crippen LogP contribution < -0.4 is 14.8 Å². The Morgan fingerprint density at radius 1 is 1.26 bits per heavy atom. The molecular formula is C14H14ClNO2S. The van der Waals surface area contributed by atoms with Crippen LogP contribution >= 0.6 is 22.9 Å². The van der Waals surface area contributed by atoms with Crippen molar-refractivity contribution in [2.24, 2.45) is 0 Å². The van der Waals surface area contributed by atoms with Gasteiger partial charge in [-0.15, -0.1) is 11.3 Å². The van der Waals surface area contributed by atoms with Gasteiger partial charge in [0.2, 0.25) is 6.79 Å². The minimum Gasteiger partial charge on any atom is -0.454 e. The molecule has 0 saturated heterocycles. The van der Waals surface area contributed by atoms with Crippen LogP contribution in [-0.4, -0.2) is 13.3 Å². The molecule has 100 valence electrons. The number of thiophene rings is 1. The number of benzene rings is 1. The molecule has 0 spiro atoms. The second kappa shape index (κ2) is 5.41. The molecule has 0 amide bonds. The number of nitrogens with one attached hydrogen (secondary N) is 1. The molecule has 3 nitrogen and oxygen atoms in total. The zero-order valence-electron chi connectivity index (χ0n) is 10.5. The van der Waals surface area contributed by atoms with E-state index in [-0.39, 0.29) is 6.04 Å². The first-order valence-electron chi connectivity index (χ1n) is 6.16. The monoisotopic (exact) mass is 295 g/mol. The van der Waals surface area contributed by atoms with Gasteiger partial charge in [0, 0.05) is 4.88 Å². The lowest BCUT2D eigenvalue weighted by molar-refractivity contribution is 0.174. The van der Waals surface area contributed by atoms with Crippen LogP contribution in [0.5, 0.6) is 11.5 Å². The van der Waals surface area contributed by atoms with E-state index in [0.29, 0.717) is 6.79 Å². The Kier molecular flexibility index (Phi) is 3.64. The van der Waals surface area contributed by atoms with Gasteiger partial charge < -0.3 is 14.8 Å². The summed E-state index contributed by atoms with van der Waals surface area (Å²) in [4.78, 5) is 1.20. The smallest absolute Gasteiger partial charge is 0.231 e. The lowest BCUT2D eigenvalue weighted by Crippen LogP contribution is -2.20. The third-order valence-electron chi connectivity index (χ3n) is 3.02. The fourth-order valence-corrected chi connectivity index (χ4v) is 3.33. The number of hydrogen-bond donors (Lipinski definition) is 1. The van der Waals surface area contributed by atoms with Crippen LogP contribution in [0.15, 0.2) is 30.3 Å². The molecule has 5 heteroatoms. The third kappa shape index (κ3) is 2.56. The molecule has 0 fully saturated rings. The molecule has 0 aliphatic carbocycles. The van der Waals surface area contributed by atoms with Crippen molar-refractivity contribution in [1.29, 1.82) is 0 Å². The fraction of sp³-hybridized carbons (Fsp3) is 0.286. The first kappa shape index (κ1) is 12.8. The van der Waals surface area contributed by atoms with Crippen LogP contribution in [-0.2, 0) is 0 Å². The maximum atomic E-state index is 6.03. The molecule has 1 aliphatic rings. The van der Waals surface area contributed by atoms with Gasteiger partial charge in [0.1, 0.15) is 0 Å². The molecule has 0 radical (unpaired) electrons. The quantitative estimate of drug-likeness (QED) is 0.930. The molecule has 1 aromatic carbocycles. The summed E-state index contributed by atoms with van der Waals surface area (Å²) in [5.41, 5.74) is 1.16. The minimum atomic E-state index is 0.136. The summed E-state index contributed by atoms with van der Waals surface area (Å²) >= 11 is 7.63. The maximum Gasteiger partial charge on any atom is 0.231 e. The van der Waals surface area contributed by atoms with Gasteiger partial charge in [0.05, 0.1) is 10.4 Å². The summed E-state index contributed by atoms with van der Waals surface area (Å²) in [6.45, 7) is 3.28. The van der Waals surface area contributed by atoms with Crippen molar-refractivity contribution in [3.05, 3.63) is 45.1 Å². The van der Waals surface area contributed by atoms with Gasteiger partial charge in [-0.2, -0.15) is 0 Å². The maximum absolute atomic E-state index is 6.03. The van der Waals surface area contributed by atoms with E-state index in [1.807, 2.05) is 18.2 Å². The summed E-state index contributed by atoms with van der Waals surface area (Å²) in [5.74, 6) is 1.62. The minimum absolute atomic E-state index is 0.136. The Morgan fingerprint density at radius 3 is 2.84 bits per heavy atom. The first-order valence-corrected chi connectivity index (χ1v) is 7.35. The zero-order valence-corrected chi connectivity index (χ0v) is 12.1. The Hall–Kier alpha value is -1.23. The van der Waals surface area contributed by atoms with Gasteiger partial charge in [0.25, 0.3) is 0 Å². The standard InChI is InChI=1S/C14H14ClNO2S/c1-2-16-14(12-5-6-13(15)19-12)9-3-4-10-11(7-9)18-8-17-10/h3-7,14,16H,2,8H2,1H3. The molecule has 1 N–H and O–H groups in total. The molecule has 2 aromatic rings. The average molecular weight is 296 g/mol. The topological polar surface area (TPSA) is 30.5 Å². The highest BCUT2D eigenvalue weighted by Gasteiger charge is 2.19. The highest BCUT2D eigenvalue weighted by atomic mass is 35.5. The van der Waals surface area contributed by atoms with E-state index < -0.39 is 0 Å². The summed E-state index contributed by atoms with van der Waals surface area (Å²) in [5, 5.41) is 3.48. The van der Waals surface area contributed by atoms with Crippen molar-refractivity contribution in [3.63, 3.8) is 0 Å². The molecule has 2 heterocycles.